The molecule has 0 atom stereocenters. The Kier molecular flexibility index (Phi) is 4.98. The van der Waals surface area contributed by atoms with Gasteiger partial charge in [-0.25, -0.2) is 0 Å². The van der Waals surface area contributed by atoms with Crippen molar-refractivity contribution < 1.29 is 4.79 Å². The number of nitrogens with zero attached hydrogens (tertiary/aromatic N) is 1. The van der Waals surface area contributed by atoms with Gasteiger partial charge in [-0.1, -0.05) is 23.8 Å². The second-order valence-electron chi connectivity index (χ2n) is 4.40. The quantitative estimate of drug-likeness (QED) is 0.815. The summed E-state index contributed by atoms with van der Waals surface area (Å²) < 4.78 is 0.659. The van der Waals surface area contributed by atoms with Gasteiger partial charge in [0.1, 0.15) is 4.99 Å². The lowest BCUT2D eigenvalue weighted by Crippen LogP contribution is -2.26. The Labute approximate surface area is 141 Å². The van der Waals surface area contributed by atoms with Gasteiger partial charge in [-0.2, -0.15) is 0 Å². The number of amides is 1. The molecule has 2 aromatic carbocycles. The topological polar surface area (TPSA) is 46.3 Å². The van der Waals surface area contributed by atoms with Crippen LogP contribution in [0.25, 0.3) is 0 Å². The molecule has 0 bridgehead atoms. The first kappa shape index (κ1) is 15.9. The van der Waals surface area contributed by atoms with Gasteiger partial charge in [0.25, 0.3) is 5.91 Å². The van der Waals surface area contributed by atoms with Crippen LogP contribution in [0.15, 0.2) is 46.9 Å². The smallest absolute Gasteiger partial charge is 0.259 e. The lowest BCUT2D eigenvalue weighted by Gasteiger charge is -2.18. The van der Waals surface area contributed by atoms with Crippen LogP contribution in [-0.2, 0) is 0 Å². The lowest BCUT2D eigenvalue weighted by molar-refractivity contribution is 0.0992. The van der Waals surface area contributed by atoms with Crippen molar-refractivity contribution >= 4 is 56.3 Å². The van der Waals surface area contributed by atoms with Crippen molar-refractivity contribution in [2.45, 2.75) is 0 Å². The zero-order chi connectivity index (χ0) is 15.6. The third kappa shape index (κ3) is 3.61. The first-order valence-corrected chi connectivity index (χ1v) is 7.61. The Balaban J connectivity index is 2.28. The van der Waals surface area contributed by atoms with E-state index < -0.39 is 0 Å². The van der Waals surface area contributed by atoms with Gasteiger partial charge in [-0.05, 0) is 58.4 Å². The summed E-state index contributed by atoms with van der Waals surface area (Å²) in [7, 11) is 1.71. The minimum absolute atomic E-state index is 0.137. The lowest BCUT2D eigenvalue weighted by atomic mass is 10.1. The molecule has 3 nitrogen and oxygen atoms in total. The Morgan fingerprint density at radius 2 is 1.86 bits per heavy atom. The molecule has 0 heterocycles. The number of halogens is 2. The molecule has 0 aromatic heterocycles. The van der Waals surface area contributed by atoms with E-state index in [-0.39, 0.29) is 5.91 Å². The summed E-state index contributed by atoms with van der Waals surface area (Å²) in [6.07, 6.45) is 0. The summed E-state index contributed by atoms with van der Waals surface area (Å²) in [4.78, 5) is 14.4. The predicted octanol–water partition coefficient (Wildman–Crippen LogP) is 4.01. The van der Waals surface area contributed by atoms with Crippen LogP contribution in [0, 0.1) is 0 Å². The van der Waals surface area contributed by atoms with Crippen LogP contribution in [0.4, 0.5) is 5.69 Å². The van der Waals surface area contributed by atoms with Crippen molar-refractivity contribution in [3.63, 3.8) is 0 Å². The second kappa shape index (κ2) is 6.56. The van der Waals surface area contributed by atoms with E-state index in [0.717, 1.165) is 11.3 Å². The van der Waals surface area contributed by atoms with Crippen LogP contribution in [-0.4, -0.2) is 17.9 Å². The highest BCUT2D eigenvalue weighted by Crippen LogP contribution is 2.24. The summed E-state index contributed by atoms with van der Waals surface area (Å²) in [6.45, 7) is 0. The summed E-state index contributed by atoms with van der Waals surface area (Å²) in [5.74, 6) is -0.137. The molecule has 0 saturated carbocycles. The molecule has 0 spiro atoms. The Morgan fingerprint density at radius 1 is 1.24 bits per heavy atom. The molecular weight excluding hydrogens is 372 g/mol. The number of benzene rings is 2. The first-order valence-electron chi connectivity index (χ1n) is 6.03. The Bertz CT molecular complexity index is 703. The molecule has 1 amide bonds. The number of thiocarbonyl (C=S) groups is 1. The number of nitrogens with two attached hydrogens (primary N) is 1. The number of hydrogen-bond donors (Lipinski definition) is 1. The minimum atomic E-state index is -0.137. The van der Waals surface area contributed by atoms with Crippen molar-refractivity contribution in [3.8, 4) is 0 Å². The number of carbonyl (C=O) groups excluding carboxylic acids is 1. The molecule has 0 unspecified atom stereocenters. The van der Waals surface area contributed by atoms with Crippen LogP contribution >= 0.6 is 39.7 Å². The van der Waals surface area contributed by atoms with E-state index in [0.29, 0.717) is 20.0 Å². The summed E-state index contributed by atoms with van der Waals surface area (Å²) in [5.41, 5.74) is 7.62. The van der Waals surface area contributed by atoms with Gasteiger partial charge in [0.05, 0.1) is 5.56 Å². The summed E-state index contributed by atoms with van der Waals surface area (Å²) in [5, 5.41) is 0.571. The zero-order valence-electron chi connectivity index (χ0n) is 11.1. The predicted molar refractivity (Wildman–Crippen MR) is 94.2 cm³/mol. The van der Waals surface area contributed by atoms with Crippen LogP contribution in [0.3, 0.4) is 0 Å². The fourth-order valence-corrected chi connectivity index (χ4v) is 2.80. The second-order valence-corrected chi connectivity index (χ2v) is 6.13. The molecule has 108 valence electrons. The molecule has 0 aliphatic carbocycles. The van der Waals surface area contributed by atoms with Crippen molar-refractivity contribution in [3.05, 3.63) is 63.1 Å². The van der Waals surface area contributed by atoms with E-state index >= 15 is 0 Å². The molecular formula is C15H12BrClN2OS. The van der Waals surface area contributed by atoms with Gasteiger partial charge in [-0.15, -0.1) is 0 Å². The molecule has 2 N–H and O–H groups in total. The summed E-state index contributed by atoms with van der Waals surface area (Å²) in [6, 6.07) is 12.2. The zero-order valence-corrected chi connectivity index (χ0v) is 14.3. The monoisotopic (exact) mass is 382 g/mol. The first-order chi connectivity index (χ1) is 9.90. The van der Waals surface area contributed by atoms with Crippen molar-refractivity contribution in [1.29, 1.82) is 0 Å². The molecule has 0 aliphatic rings. The van der Waals surface area contributed by atoms with E-state index in [1.807, 2.05) is 0 Å². The molecule has 0 fully saturated rings. The average Bonchev–Trinajstić information content (AvgIpc) is 2.46. The number of rotatable bonds is 3. The maximum Gasteiger partial charge on any atom is 0.259 e. The third-order valence-electron chi connectivity index (χ3n) is 3.01. The maximum atomic E-state index is 12.5. The molecule has 21 heavy (non-hydrogen) atoms. The Morgan fingerprint density at radius 3 is 2.38 bits per heavy atom. The van der Waals surface area contributed by atoms with Gasteiger partial charge in [-0.3, -0.25) is 4.79 Å². The molecule has 0 aliphatic heterocycles. The van der Waals surface area contributed by atoms with E-state index in [1.54, 1.807) is 54.4 Å². The van der Waals surface area contributed by atoms with E-state index in [2.05, 4.69) is 15.9 Å². The van der Waals surface area contributed by atoms with Crippen molar-refractivity contribution in [2.75, 3.05) is 11.9 Å². The molecule has 0 radical (unpaired) electrons. The van der Waals surface area contributed by atoms with Gasteiger partial charge in [0, 0.05) is 27.8 Å². The van der Waals surface area contributed by atoms with Gasteiger partial charge >= 0.3 is 0 Å². The standard InChI is InChI=1S/C15H12BrClN2OS/c1-19(11-5-2-9(3-6-11)14(18)21)15(20)12-7-4-10(17)8-13(12)16/h2-8H,1H3,(H2,18,21). The third-order valence-corrected chi connectivity index (χ3v) is 4.13. The highest BCUT2D eigenvalue weighted by molar-refractivity contribution is 9.10. The number of carbonyl (C=O) groups is 1. The van der Waals surface area contributed by atoms with Crippen molar-refractivity contribution in [2.24, 2.45) is 5.73 Å². The normalized spacial score (nSPS) is 10.2. The van der Waals surface area contributed by atoms with Gasteiger partial charge < -0.3 is 10.6 Å². The number of hydrogen-bond acceptors (Lipinski definition) is 2. The van der Waals surface area contributed by atoms with Gasteiger partial charge in [0.2, 0.25) is 0 Å². The minimum Gasteiger partial charge on any atom is -0.389 e. The van der Waals surface area contributed by atoms with Crippen LogP contribution in [0.1, 0.15) is 15.9 Å². The highest BCUT2D eigenvalue weighted by Gasteiger charge is 2.16. The van der Waals surface area contributed by atoms with Crippen LogP contribution < -0.4 is 10.6 Å². The number of anilines is 1. The molecule has 6 heteroatoms. The fraction of sp³-hybridized carbons (Fsp3) is 0.0667. The maximum absolute atomic E-state index is 12.5. The SMILES string of the molecule is CN(C(=O)c1ccc(Cl)cc1Br)c1ccc(C(N)=S)cc1. The largest absolute Gasteiger partial charge is 0.389 e. The van der Waals surface area contributed by atoms with E-state index in [4.69, 9.17) is 29.6 Å². The fourth-order valence-electron chi connectivity index (χ4n) is 1.81. The van der Waals surface area contributed by atoms with E-state index in [9.17, 15) is 4.79 Å². The average molecular weight is 384 g/mol. The van der Waals surface area contributed by atoms with Gasteiger partial charge in [0.15, 0.2) is 0 Å². The van der Waals surface area contributed by atoms with Crippen molar-refractivity contribution in [1.82, 2.24) is 0 Å². The molecule has 2 aromatic rings. The van der Waals surface area contributed by atoms with Crippen LogP contribution in [0.5, 0.6) is 0 Å². The highest BCUT2D eigenvalue weighted by atomic mass is 79.9. The Hall–Kier alpha value is -1.43. The molecule has 2 rings (SSSR count). The van der Waals surface area contributed by atoms with Crippen LogP contribution in [0.2, 0.25) is 5.02 Å². The molecule has 0 saturated heterocycles. The summed E-state index contributed by atoms with van der Waals surface area (Å²) >= 11 is 14.1. The van der Waals surface area contributed by atoms with E-state index in [1.165, 1.54) is 0 Å².